The van der Waals surface area contributed by atoms with Gasteiger partial charge in [0.15, 0.2) is 17.1 Å². The van der Waals surface area contributed by atoms with Crippen LogP contribution in [-0.4, -0.2) is 32.3 Å². The molecule has 2 aromatic heterocycles. The van der Waals surface area contributed by atoms with Gasteiger partial charge in [0.1, 0.15) is 10.8 Å². The van der Waals surface area contributed by atoms with Crippen LogP contribution in [0.25, 0.3) is 0 Å². The fourth-order valence-corrected chi connectivity index (χ4v) is 6.33. The van der Waals surface area contributed by atoms with Crippen molar-refractivity contribution in [2.24, 2.45) is 18.7 Å². The third-order valence-electron chi connectivity index (χ3n) is 5.68. The van der Waals surface area contributed by atoms with E-state index in [4.69, 9.17) is 22.1 Å². The highest BCUT2D eigenvalue weighted by Gasteiger charge is 2.27. The molecule has 2 amide bonds. The molecule has 0 spiro atoms. The molecule has 4 rings (SSSR count). The van der Waals surface area contributed by atoms with Crippen molar-refractivity contribution in [3.8, 4) is 5.75 Å². The van der Waals surface area contributed by atoms with Gasteiger partial charge in [-0.15, -0.1) is 21.5 Å². The number of amides is 2. The fraction of sp³-hybridized carbons (Fsp3) is 0.391. The molecule has 0 fully saturated rings. The van der Waals surface area contributed by atoms with Gasteiger partial charge in [-0.3, -0.25) is 9.59 Å². The van der Waals surface area contributed by atoms with Crippen molar-refractivity contribution >= 4 is 51.5 Å². The highest BCUT2D eigenvalue weighted by atomic mass is 35.5. The van der Waals surface area contributed by atoms with E-state index in [1.807, 2.05) is 26.1 Å². The summed E-state index contributed by atoms with van der Waals surface area (Å²) in [5.74, 6) is 1.20. The molecular weight excluding hydrogens is 494 g/mol. The van der Waals surface area contributed by atoms with Gasteiger partial charge >= 0.3 is 0 Å². The Bertz CT molecular complexity index is 1230. The molecule has 0 saturated carbocycles. The predicted octanol–water partition coefficient (Wildman–Crippen LogP) is 4.62. The van der Waals surface area contributed by atoms with Crippen molar-refractivity contribution in [3.63, 3.8) is 0 Å². The van der Waals surface area contributed by atoms with E-state index in [9.17, 15) is 9.59 Å². The Morgan fingerprint density at radius 1 is 1.41 bits per heavy atom. The van der Waals surface area contributed by atoms with Gasteiger partial charge in [-0.25, -0.2) is 0 Å². The molecule has 0 bridgehead atoms. The van der Waals surface area contributed by atoms with Crippen LogP contribution in [0.2, 0.25) is 5.02 Å². The molecule has 2 atom stereocenters. The number of carbonyl (C=O) groups is 2. The van der Waals surface area contributed by atoms with Gasteiger partial charge in [-0.2, -0.15) is 0 Å². The zero-order valence-electron chi connectivity index (χ0n) is 19.1. The Morgan fingerprint density at radius 2 is 2.21 bits per heavy atom. The number of nitrogens with one attached hydrogen (secondary N) is 1. The molecule has 0 saturated heterocycles. The van der Waals surface area contributed by atoms with E-state index in [2.05, 4.69) is 22.4 Å². The van der Waals surface area contributed by atoms with Crippen molar-refractivity contribution < 1.29 is 14.3 Å². The molecule has 0 aliphatic heterocycles. The second-order valence-corrected chi connectivity index (χ2v) is 10.9. The van der Waals surface area contributed by atoms with Gasteiger partial charge in [0.05, 0.1) is 11.3 Å². The summed E-state index contributed by atoms with van der Waals surface area (Å²) < 4.78 is 7.72. The molecule has 180 valence electrons. The lowest BCUT2D eigenvalue weighted by Gasteiger charge is -2.18. The molecule has 3 N–H and O–H groups in total. The number of aromatic nitrogens is 3. The summed E-state index contributed by atoms with van der Waals surface area (Å²) in [5, 5.41) is 13.0. The van der Waals surface area contributed by atoms with Crippen molar-refractivity contribution in [1.82, 2.24) is 14.8 Å². The molecule has 34 heavy (non-hydrogen) atoms. The number of nitrogens with zero attached hydrogens (tertiary/aromatic N) is 3. The average molecular weight is 520 g/mol. The number of primary amides is 1. The van der Waals surface area contributed by atoms with E-state index in [0.717, 1.165) is 29.7 Å². The Labute approximate surface area is 211 Å². The number of hydrogen-bond donors (Lipinski definition) is 2. The minimum Gasteiger partial charge on any atom is -0.483 e. The number of benzene rings is 1. The summed E-state index contributed by atoms with van der Waals surface area (Å²) in [6.07, 6.45) is 2.37. The number of halogens is 1. The number of rotatable bonds is 8. The first kappa shape index (κ1) is 24.6. The molecule has 2 heterocycles. The van der Waals surface area contributed by atoms with Crippen LogP contribution in [0.3, 0.4) is 0 Å². The van der Waals surface area contributed by atoms with Gasteiger partial charge in [0.2, 0.25) is 5.91 Å². The monoisotopic (exact) mass is 519 g/mol. The first-order chi connectivity index (χ1) is 16.2. The van der Waals surface area contributed by atoms with E-state index in [1.165, 1.54) is 23.1 Å². The molecule has 1 aliphatic carbocycles. The smallest absolute Gasteiger partial charge is 0.251 e. The molecule has 1 aliphatic rings. The van der Waals surface area contributed by atoms with E-state index in [-0.39, 0.29) is 17.8 Å². The minimum atomic E-state index is -0.498. The number of carbonyl (C=O) groups excluding carboxylic acids is 2. The normalized spacial score (nSPS) is 16.1. The van der Waals surface area contributed by atoms with Crippen LogP contribution in [0.5, 0.6) is 5.75 Å². The third kappa shape index (κ3) is 5.39. The van der Waals surface area contributed by atoms with Crippen molar-refractivity contribution in [2.45, 2.75) is 44.4 Å². The van der Waals surface area contributed by atoms with Gasteiger partial charge in [-0.1, -0.05) is 36.4 Å². The summed E-state index contributed by atoms with van der Waals surface area (Å²) in [4.78, 5) is 25.9. The van der Waals surface area contributed by atoms with Crippen molar-refractivity contribution in [1.29, 1.82) is 0 Å². The van der Waals surface area contributed by atoms with E-state index in [0.29, 0.717) is 38.2 Å². The van der Waals surface area contributed by atoms with E-state index >= 15 is 0 Å². The fourth-order valence-electron chi connectivity index (χ4n) is 4.00. The summed E-state index contributed by atoms with van der Waals surface area (Å²) in [5.41, 5.74) is 7.09. The summed E-state index contributed by atoms with van der Waals surface area (Å²) in [7, 11) is 1.83. The molecule has 1 aromatic carbocycles. The Balaban J connectivity index is 1.39. The molecule has 11 heteroatoms. The third-order valence-corrected chi connectivity index (χ3v) is 8.11. The standard InChI is InChI=1S/C23H26ClN5O3S2/c1-12-7-8-16-17(9-12)34-22(19(16)20(25)31)26-18(30)11-33-23-28-27-21(29(23)3)13(2)32-15-6-4-5-14(24)10-15/h4-6,10,12-13H,7-9,11H2,1-3H3,(H2,25,31)(H,26,30). The van der Waals surface area contributed by atoms with Crippen LogP contribution in [0.4, 0.5) is 5.00 Å². The van der Waals surface area contributed by atoms with Crippen LogP contribution in [0, 0.1) is 5.92 Å². The van der Waals surface area contributed by atoms with Crippen LogP contribution in [0.1, 0.15) is 53.0 Å². The summed E-state index contributed by atoms with van der Waals surface area (Å²) in [6.45, 7) is 4.06. The molecule has 2 unspecified atom stereocenters. The number of nitrogens with two attached hydrogens (primary N) is 1. The van der Waals surface area contributed by atoms with E-state index < -0.39 is 5.91 Å². The molecule has 0 radical (unpaired) electrons. The highest BCUT2D eigenvalue weighted by molar-refractivity contribution is 7.99. The molecular formula is C23H26ClN5O3S2. The lowest BCUT2D eigenvalue weighted by atomic mass is 9.88. The van der Waals surface area contributed by atoms with Gasteiger partial charge in [-0.05, 0) is 55.9 Å². The van der Waals surface area contributed by atoms with Crippen molar-refractivity contribution in [2.75, 3.05) is 11.1 Å². The largest absolute Gasteiger partial charge is 0.483 e. The SMILES string of the molecule is CC1CCc2c(sc(NC(=O)CSc3nnc(C(C)Oc4cccc(Cl)c4)n3C)c2C(N)=O)C1. The zero-order chi connectivity index (χ0) is 24.4. The van der Waals surface area contributed by atoms with E-state index in [1.54, 1.807) is 16.7 Å². The Hall–Kier alpha value is -2.56. The topological polar surface area (TPSA) is 112 Å². The van der Waals surface area contributed by atoms with Crippen LogP contribution in [-0.2, 0) is 24.7 Å². The second-order valence-electron chi connectivity index (χ2n) is 8.37. The molecule has 8 nitrogen and oxygen atoms in total. The maximum atomic E-state index is 12.7. The predicted molar refractivity (Wildman–Crippen MR) is 135 cm³/mol. The van der Waals surface area contributed by atoms with Gasteiger partial charge < -0.3 is 20.4 Å². The Morgan fingerprint density at radius 3 is 2.94 bits per heavy atom. The summed E-state index contributed by atoms with van der Waals surface area (Å²) in [6, 6.07) is 7.15. The second kappa shape index (κ2) is 10.4. The lowest BCUT2D eigenvalue weighted by molar-refractivity contribution is -0.113. The highest BCUT2D eigenvalue weighted by Crippen LogP contribution is 2.39. The number of anilines is 1. The first-order valence-corrected chi connectivity index (χ1v) is 13.1. The quantitative estimate of drug-likeness (QED) is 0.420. The average Bonchev–Trinajstić information content (AvgIpc) is 3.31. The number of ether oxygens (including phenoxy) is 1. The maximum Gasteiger partial charge on any atom is 0.251 e. The number of thioether (sulfide) groups is 1. The number of fused-ring (bicyclic) bond motifs is 1. The van der Waals surface area contributed by atoms with Gasteiger partial charge in [0, 0.05) is 16.9 Å². The van der Waals surface area contributed by atoms with Crippen LogP contribution >= 0.6 is 34.7 Å². The first-order valence-electron chi connectivity index (χ1n) is 10.9. The zero-order valence-corrected chi connectivity index (χ0v) is 21.5. The lowest BCUT2D eigenvalue weighted by Crippen LogP contribution is -2.20. The number of thiophene rings is 1. The maximum absolute atomic E-state index is 12.7. The van der Waals surface area contributed by atoms with Crippen LogP contribution < -0.4 is 15.8 Å². The summed E-state index contributed by atoms with van der Waals surface area (Å²) >= 11 is 8.74. The Kier molecular flexibility index (Phi) is 7.49. The van der Waals surface area contributed by atoms with Crippen LogP contribution in [0.15, 0.2) is 29.4 Å². The number of hydrogen-bond acceptors (Lipinski definition) is 7. The van der Waals surface area contributed by atoms with Crippen molar-refractivity contribution in [3.05, 3.63) is 51.1 Å². The minimum absolute atomic E-state index is 0.118. The molecule has 3 aromatic rings. The van der Waals surface area contributed by atoms with Gasteiger partial charge in [0.25, 0.3) is 5.91 Å².